The molecule has 0 radical (unpaired) electrons. The number of H-pyrrole nitrogens is 1. The minimum atomic E-state index is -0.369. The van der Waals surface area contributed by atoms with Crippen molar-refractivity contribution in [2.75, 3.05) is 24.3 Å². The Kier molecular flexibility index (Phi) is 4.47. The second-order valence-corrected chi connectivity index (χ2v) is 5.62. The summed E-state index contributed by atoms with van der Waals surface area (Å²) in [7, 11) is 3.81. The van der Waals surface area contributed by atoms with E-state index in [1.807, 2.05) is 38.9 Å². The van der Waals surface area contributed by atoms with E-state index in [0.717, 1.165) is 5.69 Å². The Balaban J connectivity index is 2.13. The Bertz CT molecular complexity index is 651. The highest BCUT2D eigenvalue weighted by molar-refractivity contribution is 6.33. The van der Waals surface area contributed by atoms with Gasteiger partial charge in [-0.15, -0.1) is 5.10 Å². The van der Waals surface area contributed by atoms with E-state index in [-0.39, 0.29) is 17.6 Å². The quantitative estimate of drug-likeness (QED) is 0.911. The molecule has 0 saturated carbocycles. The number of halogens is 1. The van der Waals surface area contributed by atoms with Gasteiger partial charge in [0.2, 0.25) is 5.82 Å². The van der Waals surface area contributed by atoms with Gasteiger partial charge in [-0.2, -0.15) is 0 Å². The molecular weight excluding hydrogens is 290 g/mol. The molecule has 0 saturated heterocycles. The lowest BCUT2D eigenvalue weighted by atomic mass is 10.2. The lowest BCUT2D eigenvalue weighted by Gasteiger charge is -2.15. The van der Waals surface area contributed by atoms with Gasteiger partial charge in [0, 0.05) is 25.7 Å². The second-order valence-electron chi connectivity index (χ2n) is 5.21. The van der Waals surface area contributed by atoms with Crippen LogP contribution in [0.2, 0.25) is 5.02 Å². The number of aromatic amines is 1. The lowest BCUT2D eigenvalue weighted by molar-refractivity contribution is 0.101. The van der Waals surface area contributed by atoms with Crippen molar-refractivity contribution in [3.05, 3.63) is 34.9 Å². The van der Waals surface area contributed by atoms with Gasteiger partial charge in [0.1, 0.15) is 5.82 Å². The van der Waals surface area contributed by atoms with Crippen LogP contribution in [0.1, 0.15) is 36.2 Å². The number of hydrogen-bond donors (Lipinski definition) is 2. The molecule has 0 aliphatic carbocycles. The summed E-state index contributed by atoms with van der Waals surface area (Å²) in [6.45, 7) is 3.95. The first-order chi connectivity index (χ1) is 9.88. The molecule has 6 nitrogen and oxygen atoms in total. The number of benzene rings is 1. The number of carbonyl (C=O) groups is 1. The normalized spacial score (nSPS) is 10.8. The maximum atomic E-state index is 12.1. The molecule has 0 atom stereocenters. The van der Waals surface area contributed by atoms with Crippen LogP contribution in [0.25, 0.3) is 0 Å². The zero-order chi connectivity index (χ0) is 15.6. The van der Waals surface area contributed by atoms with Crippen LogP contribution in [-0.2, 0) is 0 Å². The summed E-state index contributed by atoms with van der Waals surface area (Å²) in [4.78, 5) is 18.1. The molecule has 0 unspecified atom stereocenters. The molecule has 7 heteroatoms. The summed E-state index contributed by atoms with van der Waals surface area (Å²) in [5, 5.41) is 9.96. The molecule has 112 valence electrons. The zero-order valence-electron chi connectivity index (χ0n) is 12.4. The zero-order valence-corrected chi connectivity index (χ0v) is 13.2. The molecule has 0 fully saturated rings. The van der Waals surface area contributed by atoms with E-state index in [1.54, 1.807) is 12.1 Å². The second kappa shape index (κ2) is 6.13. The summed E-state index contributed by atoms with van der Waals surface area (Å²) >= 11 is 6.17. The number of hydrogen-bond acceptors (Lipinski definition) is 4. The molecule has 0 bridgehead atoms. The van der Waals surface area contributed by atoms with Crippen molar-refractivity contribution in [2.45, 2.75) is 19.8 Å². The number of amides is 1. The standard InChI is InChI=1S/C14H18ClN5O/c1-8(2)12-17-13(19-18-12)14(21)16-9-5-6-11(20(3)4)10(15)7-9/h5-8H,1-4H3,(H,16,21)(H,17,18,19). The first-order valence-corrected chi connectivity index (χ1v) is 6.96. The fraction of sp³-hybridized carbons (Fsp3) is 0.357. The van der Waals surface area contributed by atoms with Crippen LogP contribution in [-0.4, -0.2) is 35.2 Å². The van der Waals surface area contributed by atoms with Crippen LogP contribution in [0.15, 0.2) is 18.2 Å². The number of anilines is 2. The molecule has 0 aliphatic rings. The molecule has 1 aromatic heterocycles. The Labute approximate surface area is 128 Å². The van der Waals surface area contributed by atoms with Gasteiger partial charge in [0.15, 0.2) is 0 Å². The van der Waals surface area contributed by atoms with Crippen LogP contribution in [0, 0.1) is 0 Å². The van der Waals surface area contributed by atoms with Gasteiger partial charge in [-0.25, -0.2) is 4.98 Å². The summed E-state index contributed by atoms with van der Waals surface area (Å²) in [5.41, 5.74) is 1.49. The van der Waals surface area contributed by atoms with E-state index in [1.165, 1.54) is 0 Å². The van der Waals surface area contributed by atoms with Crippen molar-refractivity contribution in [1.82, 2.24) is 15.2 Å². The van der Waals surface area contributed by atoms with Crippen LogP contribution in [0.3, 0.4) is 0 Å². The molecule has 2 aromatic rings. The average molecular weight is 308 g/mol. The van der Waals surface area contributed by atoms with Crippen molar-refractivity contribution in [2.24, 2.45) is 0 Å². The van der Waals surface area contributed by atoms with Crippen molar-refractivity contribution < 1.29 is 4.79 Å². The van der Waals surface area contributed by atoms with E-state index >= 15 is 0 Å². The van der Waals surface area contributed by atoms with Gasteiger partial charge >= 0.3 is 0 Å². The minimum absolute atomic E-state index is 0.117. The van der Waals surface area contributed by atoms with Gasteiger partial charge in [-0.05, 0) is 18.2 Å². The molecule has 21 heavy (non-hydrogen) atoms. The van der Waals surface area contributed by atoms with Crippen LogP contribution < -0.4 is 10.2 Å². The summed E-state index contributed by atoms with van der Waals surface area (Å²) in [6, 6.07) is 5.33. The summed E-state index contributed by atoms with van der Waals surface area (Å²) in [6.07, 6.45) is 0. The Hall–Kier alpha value is -2.08. The predicted molar refractivity (Wildman–Crippen MR) is 84.2 cm³/mol. The fourth-order valence-electron chi connectivity index (χ4n) is 1.77. The van der Waals surface area contributed by atoms with Crippen LogP contribution in [0.5, 0.6) is 0 Å². The van der Waals surface area contributed by atoms with Crippen molar-refractivity contribution in [1.29, 1.82) is 0 Å². The number of carbonyl (C=O) groups excluding carboxylic acids is 1. The molecule has 2 N–H and O–H groups in total. The summed E-state index contributed by atoms with van der Waals surface area (Å²) in [5.74, 6) is 0.618. The first kappa shape index (κ1) is 15.3. The highest BCUT2D eigenvalue weighted by Gasteiger charge is 2.15. The highest BCUT2D eigenvalue weighted by Crippen LogP contribution is 2.27. The Morgan fingerprint density at radius 2 is 2.10 bits per heavy atom. The van der Waals surface area contributed by atoms with Gasteiger partial charge in [-0.3, -0.25) is 9.89 Å². The van der Waals surface area contributed by atoms with Crippen molar-refractivity contribution in [3.63, 3.8) is 0 Å². The van der Waals surface area contributed by atoms with Gasteiger partial charge in [0.05, 0.1) is 10.7 Å². The van der Waals surface area contributed by atoms with Crippen molar-refractivity contribution >= 4 is 28.9 Å². The van der Waals surface area contributed by atoms with E-state index in [4.69, 9.17) is 11.6 Å². The number of nitrogens with zero attached hydrogens (tertiary/aromatic N) is 3. The number of rotatable bonds is 4. The average Bonchev–Trinajstić information content (AvgIpc) is 2.88. The maximum Gasteiger partial charge on any atom is 0.295 e. The molecule has 1 aromatic carbocycles. The third-order valence-electron chi connectivity index (χ3n) is 2.94. The molecule has 2 rings (SSSR count). The molecule has 0 aliphatic heterocycles. The molecule has 1 heterocycles. The Morgan fingerprint density at radius 3 is 2.62 bits per heavy atom. The minimum Gasteiger partial charge on any atom is -0.376 e. The van der Waals surface area contributed by atoms with E-state index in [2.05, 4.69) is 20.5 Å². The maximum absolute atomic E-state index is 12.1. The topological polar surface area (TPSA) is 73.9 Å². The molecular formula is C14H18ClN5O. The van der Waals surface area contributed by atoms with Gasteiger partial charge in [-0.1, -0.05) is 25.4 Å². The van der Waals surface area contributed by atoms with Crippen LogP contribution >= 0.6 is 11.6 Å². The third-order valence-corrected chi connectivity index (χ3v) is 3.24. The third kappa shape index (κ3) is 3.52. The van der Waals surface area contributed by atoms with E-state index < -0.39 is 0 Å². The van der Waals surface area contributed by atoms with E-state index in [9.17, 15) is 4.79 Å². The van der Waals surface area contributed by atoms with Gasteiger partial charge < -0.3 is 10.2 Å². The van der Waals surface area contributed by atoms with Crippen molar-refractivity contribution in [3.8, 4) is 0 Å². The lowest BCUT2D eigenvalue weighted by Crippen LogP contribution is -2.14. The fourth-order valence-corrected chi connectivity index (χ4v) is 2.12. The summed E-state index contributed by atoms with van der Waals surface area (Å²) < 4.78 is 0. The molecule has 0 spiro atoms. The Morgan fingerprint density at radius 1 is 1.38 bits per heavy atom. The highest BCUT2D eigenvalue weighted by atomic mass is 35.5. The monoisotopic (exact) mass is 307 g/mol. The largest absolute Gasteiger partial charge is 0.376 e. The van der Waals surface area contributed by atoms with Gasteiger partial charge in [0.25, 0.3) is 5.91 Å². The SMILES string of the molecule is CC(C)c1nc(C(=O)Nc2ccc(N(C)C)c(Cl)c2)n[nH]1. The molecule has 1 amide bonds. The van der Waals surface area contributed by atoms with Crippen LogP contribution in [0.4, 0.5) is 11.4 Å². The predicted octanol–water partition coefficient (Wildman–Crippen LogP) is 2.90. The first-order valence-electron chi connectivity index (χ1n) is 6.59. The number of aromatic nitrogens is 3. The number of nitrogens with one attached hydrogen (secondary N) is 2. The smallest absolute Gasteiger partial charge is 0.295 e. The van der Waals surface area contributed by atoms with E-state index in [0.29, 0.717) is 16.5 Å².